The van der Waals surface area contributed by atoms with Crippen molar-refractivity contribution >= 4 is 20.9 Å². The molecule has 1 atom stereocenters. The van der Waals surface area contributed by atoms with Gasteiger partial charge >= 0.3 is 73.5 Å². The molecule has 1 unspecified atom stereocenters. The second-order valence-corrected chi connectivity index (χ2v) is 5.83. The summed E-state index contributed by atoms with van der Waals surface area (Å²) < 4.78 is 2.39. The SMILES string of the molecule is C=C([Te]CCCC)C(C)O. The van der Waals surface area contributed by atoms with Gasteiger partial charge in [-0.15, -0.1) is 0 Å². The Morgan fingerprint density at radius 3 is 2.70 bits per heavy atom. The van der Waals surface area contributed by atoms with Crippen LogP contribution in [0.3, 0.4) is 0 Å². The first-order chi connectivity index (χ1) is 4.68. The molecule has 0 saturated heterocycles. The van der Waals surface area contributed by atoms with Crippen molar-refractivity contribution < 1.29 is 5.11 Å². The van der Waals surface area contributed by atoms with Gasteiger partial charge in [-0.2, -0.15) is 0 Å². The first kappa shape index (κ1) is 10.5. The van der Waals surface area contributed by atoms with Gasteiger partial charge in [0, 0.05) is 0 Å². The predicted molar refractivity (Wildman–Crippen MR) is 46.3 cm³/mol. The van der Waals surface area contributed by atoms with E-state index in [1.165, 1.54) is 17.3 Å². The Kier molecular flexibility index (Phi) is 6.52. The molecule has 0 aromatic carbocycles. The topological polar surface area (TPSA) is 20.2 Å². The first-order valence-corrected chi connectivity index (χ1v) is 6.49. The van der Waals surface area contributed by atoms with Crippen LogP contribution >= 0.6 is 0 Å². The third-order valence-electron chi connectivity index (χ3n) is 1.25. The Morgan fingerprint density at radius 2 is 2.30 bits per heavy atom. The quantitative estimate of drug-likeness (QED) is 0.587. The van der Waals surface area contributed by atoms with Crippen molar-refractivity contribution in [1.82, 2.24) is 0 Å². The van der Waals surface area contributed by atoms with Crippen LogP contribution in [0.25, 0.3) is 0 Å². The Hall–Kier alpha value is 0.490. The molecule has 1 nitrogen and oxygen atoms in total. The maximum atomic E-state index is 9.05. The van der Waals surface area contributed by atoms with Gasteiger partial charge in [-0.05, 0) is 0 Å². The normalized spacial score (nSPS) is 13.1. The third kappa shape index (κ3) is 5.29. The van der Waals surface area contributed by atoms with Crippen molar-refractivity contribution in [3.8, 4) is 0 Å². The molecular formula is C8H16OTe. The van der Waals surface area contributed by atoms with Crippen molar-refractivity contribution in [2.45, 2.75) is 37.3 Å². The van der Waals surface area contributed by atoms with Crippen molar-refractivity contribution in [3.63, 3.8) is 0 Å². The average Bonchev–Trinajstić information content (AvgIpc) is 1.88. The van der Waals surface area contributed by atoms with Gasteiger partial charge in [0.1, 0.15) is 0 Å². The predicted octanol–water partition coefficient (Wildman–Crippen LogP) is 1.80. The van der Waals surface area contributed by atoms with Gasteiger partial charge in [0.25, 0.3) is 0 Å². The van der Waals surface area contributed by atoms with Crippen molar-refractivity contribution in [2.24, 2.45) is 0 Å². The summed E-state index contributed by atoms with van der Waals surface area (Å²) in [4.78, 5) is 0. The molecule has 0 heterocycles. The van der Waals surface area contributed by atoms with Crippen molar-refractivity contribution in [1.29, 1.82) is 0 Å². The van der Waals surface area contributed by atoms with Gasteiger partial charge < -0.3 is 0 Å². The number of aliphatic hydroxyl groups excluding tert-OH is 1. The third-order valence-corrected chi connectivity index (χ3v) is 4.69. The van der Waals surface area contributed by atoms with Crippen LogP contribution in [0.15, 0.2) is 10.2 Å². The van der Waals surface area contributed by atoms with Crippen LogP contribution in [0.1, 0.15) is 26.7 Å². The summed E-state index contributed by atoms with van der Waals surface area (Å²) in [6, 6.07) is 0. The van der Waals surface area contributed by atoms with Crippen molar-refractivity contribution in [2.75, 3.05) is 0 Å². The van der Waals surface area contributed by atoms with Gasteiger partial charge in [0.05, 0.1) is 0 Å². The van der Waals surface area contributed by atoms with Crippen molar-refractivity contribution in [3.05, 3.63) is 10.2 Å². The summed E-state index contributed by atoms with van der Waals surface area (Å²) >= 11 is -0.0939. The van der Waals surface area contributed by atoms with E-state index in [4.69, 9.17) is 5.11 Å². The van der Waals surface area contributed by atoms with E-state index in [2.05, 4.69) is 13.5 Å². The molecule has 0 aromatic heterocycles. The minimum atomic E-state index is -0.265. The Labute approximate surface area is 73.6 Å². The van der Waals surface area contributed by atoms with E-state index in [0.29, 0.717) is 0 Å². The monoisotopic (exact) mass is 258 g/mol. The molecule has 0 amide bonds. The molecule has 0 aliphatic heterocycles. The van der Waals surface area contributed by atoms with Gasteiger partial charge in [0.15, 0.2) is 0 Å². The van der Waals surface area contributed by atoms with E-state index in [1.54, 1.807) is 6.92 Å². The van der Waals surface area contributed by atoms with Crippen LogP contribution in [-0.2, 0) is 0 Å². The number of aliphatic hydroxyl groups is 1. The number of hydrogen-bond acceptors (Lipinski definition) is 1. The fourth-order valence-electron chi connectivity index (χ4n) is 0.468. The van der Waals surface area contributed by atoms with E-state index < -0.39 is 0 Å². The summed E-state index contributed by atoms with van der Waals surface area (Å²) in [7, 11) is 0. The molecule has 0 radical (unpaired) electrons. The Morgan fingerprint density at radius 1 is 1.70 bits per heavy atom. The van der Waals surface area contributed by atoms with Crippen LogP contribution < -0.4 is 0 Å². The van der Waals surface area contributed by atoms with E-state index in [0.717, 1.165) is 3.62 Å². The fourth-order valence-corrected chi connectivity index (χ4v) is 3.14. The zero-order chi connectivity index (χ0) is 7.98. The molecule has 0 bridgehead atoms. The zero-order valence-electron chi connectivity index (χ0n) is 6.76. The van der Waals surface area contributed by atoms with Crippen LogP contribution in [0.4, 0.5) is 0 Å². The summed E-state index contributed by atoms with van der Waals surface area (Å²) in [5.74, 6) is 0. The molecular weight excluding hydrogens is 240 g/mol. The Balaban J connectivity index is 3.22. The summed E-state index contributed by atoms with van der Waals surface area (Å²) in [6.45, 7) is 7.83. The zero-order valence-corrected chi connectivity index (χ0v) is 9.09. The van der Waals surface area contributed by atoms with Crippen LogP contribution in [0, 0.1) is 0 Å². The molecule has 60 valence electrons. The van der Waals surface area contributed by atoms with E-state index in [-0.39, 0.29) is 27.0 Å². The van der Waals surface area contributed by atoms with Gasteiger partial charge in [0.2, 0.25) is 0 Å². The molecule has 0 spiro atoms. The molecule has 1 N–H and O–H groups in total. The standard InChI is InChI=1S/C8H16OTe/c1-4-5-6-10-8(3)7(2)9/h7,9H,3-6H2,1-2H3. The molecule has 2 heteroatoms. The first-order valence-electron chi connectivity index (χ1n) is 3.68. The summed E-state index contributed by atoms with van der Waals surface area (Å²) in [5.41, 5.74) is 0. The summed E-state index contributed by atoms with van der Waals surface area (Å²) in [6.07, 6.45) is 2.30. The molecule has 0 aromatic rings. The number of rotatable bonds is 5. The van der Waals surface area contributed by atoms with Crippen LogP contribution in [0.2, 0.25) is 4.47 Å². The van der Waals surface area contributed by atoms with Crippen LogP contribution in [-0.4, -0.2) is 32.1 Å². The van der Waals surface area contributed by atoms with Gasteiger partial charge in [-0.1, -0.05) is 0 Å². The second-order valence-electron chi connectivity index (χ2n) is 2.34. The van der Waals surface area contributed by atoms with Crippen LogP contribution in [0.5, 0.6) is 0 Å². The number of unbranched alkanes of at least 4 members (excludes halogenated alkanes) is 1. The molecule has 0 fully saturated rings. The molecule has 0 aliphatic carbocycles. The average molecular weight is 256 g/mol. The van der Waals surface area contributed by atoms with Gasteiger partial charge in [-0.3, -0.25) is 0 Å². The second kappa shape index (κ2) is 6.22. The molecule has 0 saturated carbocycles. The Bertz CT molecular complexity index is 99.4. The maximum absolute atomic E-state index is 9.05. The van der Waals surface area contributed by atoms with E-state index in [9.17, 15) is 0 Å². The molecule has 0 aliphatic rings. The molecule has 10 heavy (non-hydrogen) atoms. The van der Waals surface area contributed by atoms with E-state index >= 15 is 0 Å². The van der Waals surface area contributed by atoms with Gasteiger partial charge in [-0.25, -0.2) is 0 Å². The number of hydrogen-bond donors (Lipinski definition) is 1. The molecule has 0 rings (SSSR count). The minimum absolute atomic E-state index is 0.0939. The summed E-state index contributed by atoms with van der Waals surface area (Å²) in [5, 5.41) is 9.05. The van der Waals surface area contributed by atoms with E-state index in [1.807, 2.05) is 0 Å². The fraction of sp³-hybridized carbons (Fsp3) is 0.750.